The minimum absolute atomic E-state index is 0.527. The van der Waals surface area contributed by atoms with Gasteiger partial charge in [-0.2, -0.15) is 4.73 Å². The van der Waals surface area contributed by atoms with Gasteiger partial charge in [0, 0.05) is 6.20 Å². The molecule has 0 fully saturated rings. The predicted octanol–water partition coefficient (Wildman–Crippen LogP) is 2.85. The molecule has 1 aromatic heterocycles. The molecule has 0 atom stereocenters. The minimum atomic E-state index is 0.527. The lowest BCUT2D eigenvalue weighted by molar-refractivity contribution is 0.0930. The van der Waals surface area contributed by atoms with Gasteiger partial charge in [0.1, 0.15) is 11.2 Å². The molecule has 0 unspecified atom stereocenters. The Morgan fingerprint density at radius 1 is 1.00 bits per heavy atom. The van der Waals surface area contributed by atoms with Crippen LogP contribution in [0, 0.1) is 4.64 Å². The maximum atomic E-state index is 5.54. The number of rotatable bonds is 3. The van der Waals surface area contributed by atoms with Crippen molar-refractivity contribution in [3.05, 3.63) is 64.9 Å². The highest BCUT2D eigenvalue weighted by atomic mass is 32.1. The van der Waals surface area contributed by atoms with Crippen molar-refractivity contribution in [1.29, 1.82) is 0 Å². The van der Waals surface area contributed by atoms with Gasteiger partial charge in [0.15, 0.2) is 0 Å². The van der Waals surface area contributed by atoms with E-state index in [1.165, 1.54) is 0 Å². The lowest BCUT2D eigenvalue weighted by atomic mass is 10.2. The van der Waals surface area contributed by atoms with Gasteiger partial charge in [0.2, 0.25) is 0 Å². The zero-order valence-corrected chi connectivity index (χ0v) is 8.98. The smallest absolute Gasteiger partial charge is 0.142 e. The van der Waals surface area contributed by atoms with Crippen molar-refractivity contribution >= 4 is 12.2 Å². The quantitative estimate of drug-likeness (QED) is 0.734. The van der Waals surface area contributed by atoms with Crippen LogP contribution in [0.4, 0.5) is 0 Å². The SMILES string of the molecule is S=c1ccccn1OCc1ccccc1. The van der Waals surface area contributed by atoms with E-state index in [0.717, 1.165) is 5.56 Å². The summed E-state index contributed by atoms with van der Waals surface area (Å²) in [5.74, 6) is 0. The first-order valence-electron chi connectivity index (χ1n) is 4.71. The van der Waals surface area contributed by atoms with Crippen LogP contribution in [0.15, 0.2) is 54.7 Å². The molecular formula is C12H11NOS. The van der Waals surface area contributed by atoms with E-state index in [2.05, 4.69) is 0 Å². The Morgan fingerprint density at radius 2 is 1.73 bits per heavy atom. The molecule has 1 aromatic carbocycles. The molecule has 0 amide bonds. The molecule has 0 aliphatic carbocycles. The molecule has 2 nitrogen and oxygen atoms in total. The van der Waals surface area contributed by atoms with E-state index in [4.69, 9.17) is 17.1 Å². The first kappa shape index (κ1) is 9.93. The number of hydrogen-bond donors (Lipinski definition) is 0. The third-order valence-corrected chi connectivity index (χ3v) is 2.32. The molecular weight excluding hydrogens is 206 g/mol. The minimum Gasteiger partial charge on any atom is -0.408 e. The van der Waals surface area contributed by atoms with Crippen molar-refractivity contribution in [2.24, 2.45) is 0 Å². The van der Waals surface area contributed by atoms with Crippen LogP contribution in [0.5, 0.6) is 0 Å². The van der Waals surface area contributed by atoms with Crippen LogP contribution in [0.25, 0.3) is 0 Å². The third kappa shape index (κ3) is 2.67. The molecule has 2 aromatic rings. The van der Waals surface area contributed by atoms with Gasteiger partial charge in [0.05, 0.1) is 0 Å². The number of nitrogens with zero attached hydrogens (tertiary/aromatic N) is 1. The van der Waals surface area contributed by atoms with E-state index in [0.29, 0.717) is 11.2 Å². The number of benzene rings is 1. The summed E-state index contributed by atoms with van der Waals surface area (Å²) in [6.45, 7) is 0.527. The van der Waals surface area contributed by atoms with Crippen molar-refractivity contribution in [3.8, 4) is 0 Å². The van der Waals surface area contributed by atoms with Crippen molar-refractivity contribution in [1.82, 2.24) is 4.73 Å². The van der Waals surface area contributed by atoms with Crippen LogP contribution in [-0.2, 0) is 6.61 Å². The average molecular weight is 217 g/mol. The van der Waals surface area contributed by atoms with Gasteiger partial charge in [-0.25, -0.2) is 0 Å². The van der Waals surface area contributed by atoms with Crippen LogP contribution in [0.2, 0.25) is 0 Å². The summed E-state index contributed by atoms with van der Waals surface area (Å²) in [7, 11) is 0. The van der Waals surface area contributed by atoms with Gasteiger partial charge >= 0.3 is 0 Å². The lowest BCUT2D eigenvalue weighted by Crippen LogP contribution is -2.11. The second-order valence-electron chi connectivity index (χ2n) is 3.12. The highest BCUT2D eigenvalue weighted by molar-refractivity contribution is 7.71. The first-order valence-corrected chi connectivity index (χ1v) is 5.12. The van der Waals surface area contributed by atoms with Crippen molar-refractivity contribution in [2.75, 3.05) is 0 Å². The highest BCUT2D eigenvalue weighted by Crippen LogP contribution is 1.99. The molecule has 0 bridgehead atoms. The molecule has 0 saturated heterocycles. The van der Waals surface area contributed by atoms with Crippen molar-refractivity contribution in [2.45, 2.75) is 6.61 Å². The van der Waals surface area contributed by atoms with Crippen LogP contribution >= 0.6 is 12.2 Å². The number of aromatic nitrogens is 1. The van der Waals surface area contributed by atoms with Gasteiger partial charge in [-0.3, -0.25) is 0 Å². The van der Waals surface area contributed by atoms with E-state index < -0.39 is 0 Å². The summed E-state index contributed by atoms with van der Waals surface area (Å²) in [4.78, 5) is 5.54. The summed E-state index contributed by atoms with van der Waals surface area (Å²) in [6, 6.07) is 15.6. The summed E-state index contributed by atoms with van der Waals surface area (Å²) >= 11 is 5.11. The average Bonchev–Trinajstić information content (AvgIpc) is 2.29. The molecule has 2 rings (SSSR count). The molecule has 0 saturated carbocycles. The van der Waals surface area contributed by atoms with E-state index >= 15 is 0 Å². The molecule has 0 aliphatic heterocycles. The van der Waals surface area contributed by atoms with Gasteiger partial charge in [-0.1, -0.05) is 48.6 Å². The molecule has 0 aliphatic rings. The third-order valence-electron chi connectivity index (χ3n) is 2.00. The highest BCUT2D eigenvalue weighted by Gasteiger charge is 1.93. The van der Waals surface area contributed by atoms with E-state index in [9.17, 15) is 0 Å². The van der Waals surface area contributed by atoms with Gasteiger partial charge in [-0.15, -0.1) is 0 Å². The molecule has 0 N–H and O–H groups in total. The molecule has 1 heterocycles. The fourth-order valence-corrected chi connectivity index (χ4v) is 1.43. The van der Waals surface area contributed by atoms with Crippen molar-refractivity contribution in [3.63, 3.8) is 0 Å². The van der Waals surface area contributed by atoms with E-state index in [-0.39, 0.29) is 0 Å². The number of pyridine rings is 1. The Labute approximate surface area is 93.7 Å². The van der Waals surface area contributed by atoms with Crippen LogP contribution in [0.3, 0.4) is 0 Å². The molecule has 76 valence electrons. The number of hydrogen-bond acceptors (Lipinski definition) is 2. The van der Waals surface area contributed by atoms with Crippen LogP contribution in [0.1, 0.15) is 5.56 Å². The Balaban J connectivity index is 2.06. The molecule has 15 heavy (non-hydrogen) atoms. The summed E-state index contributed by atoms with van der Waals surface area (Å²) in [5.41, 5.74) is 1.13. The van der Waals surface area contributed by atoms with Gasteiger partial charge in [0.25, 0.3) is 0 Å². The maximum Gasteiger partial charge on any atom is 0.142 e. The Morgan fingerprint density at radius 3 is 2.47 bits per heavy atom. The molecule has 3 heteroatoms. The second-order valence-corrected chi connectivity index (χ2v) is 3.54. The molecule has 0 radical (unpaired) electrons. The topological polar surface area (TPSA) is 14.2 Å². The van der Waals surface area contributed by atoms with E-state index in [1.54, 1.807) is 4.73 Å². The van der Waals surface area contributed by atoms with Gasteiger partial charge < -0.3 is 4.84 Å². The summed E-state index contributed by atoms with van der Waals surface area (Å²) in [6.07, 6.45) is 1.81. The maximum absolute atomic E-state index is 5.54. The normalized spacial score (nSPS) is 9.87. The predicted molar refractivity (Wildman–Crippen MR) is 62.0 cm³/mol. The monoisotopic (exact) mass is 217 g/mol. The van der Waals surface area contributed by atoms with Crippen molar-refractivity contribution < 1.29 is 4.84 Å². The fourth-order valence-electron chi connectivity index (χ4n) is 1.24. The zero-order valence-electron chi connectivity index (χ0n) is 8.17. The van der Waals surface area contributed by atoms with Gasteiger partial charge in [-0.05, 0) is 17.7 Å². The molecule has 0 spiro atoms. The fraction of sp³-hybridized carbons (Fsp3) is 0.0833. The second kappa shape index (κ2) is 4.75. The largest absolute Gasteiger partial charge is 0.408 e. The Kier molecular flexibility index (Phi) is 3.15. The summed E-state index contributed by atoms with van der Waals surface area (Å²) < 4.78 is 2.27. The summed E-state index contributed by atoms with van der Waals surface area (Å²) in [5, 5.41) is 0. The van der Waals surface area contributed by atoms with Crippen LogP contribution in [-0.4, -0.2) is 4.73 Å². The lowest BCUT2D eigenvalue weighted by Gasteiger charge is -2.08. The Hall–Kier alpha value is -1.61. The zero-order chi connectivity index (χ0) is 10.5. The van der Waals surface area contributed by atoms with E-state index in [1.807, 2.05) is 54.7 Å². The standard InChI is InChI=1S/C12H11NOS/c15-12-8-4-5-9-13(12)14-10-11-6-2-1-3-7-11/h1-9H,10H2. The van der Waals surface area contributed by atoms with Crippen LogP contribution < -0.4 is 4.84 Å². The first-order chi connectivity index (χ1) is 7.36. The Bertz CT molecular complexity index is 478.